The summed E-state index contributed by atoms with van der Waals surface area (Å²) in [5.41, 5.74) is 1.13. The molecule has 27 heavy (non-hydrogen) atoms. The standard InChI is InChI=1S/C21H24O6/c1-25-19-10-6-14(12-20(19)27-21-4-2-3-11-26-21)5-9-17(23)16-8-7-15(22)13-18(16)24/h6-8,10,12-13,21-22,24H,2-5,9,11H2,1H3. The lowest BCUT2D eigenvalue weighted by atomic mass is 10.0. The molecule has 0 amide bonds. The summed E-state index contributed by atoms with van der Waals surface area (Å²) >= 11 is 0. The molecule has 6 heteroatoms. The van der Waals surface area contributed by atoms with Gasteiger partial charge in [0.1, 0.15) is 11.5 Å². The SMILES string of the molecule is COc1ccc(CCC(=O)c2ccc(O)cc2O)cc1OC1CCCCO1. The highest BCUT2D eigenvalue weighted by atomic mass is 16.7. The van der Waals surface area contributed by atoms with Crippen molar-refractivity contribution in [1.29, 1.82) is 0 Å². The summed E-state index contributed by atoms with van der Waals surface area (Å²) in [6, 6.07) is 9.54. The van der Waals surface area contributed by atoms with Gasteiger partial charge in [0, 0.05) is 18.9 Å². The quantitative estimate of drug-likeness (QED) is 0.719. The van der Waals surface area contributed by atoms with Gasteiger partial charge in [-0.3, -0.25) is 4.79 Å². The highest BCUT2D eigenvalue weighted by Gasteiger charge is 2.18. The van der Waals surface area contributed by atoms with E-state index in [0.717, 1.165) is 30.9 Å². The van der Waals surface area contributed by atoms with Gasteiger partial charge >= 0.3 is 0 Å². The van der Waals surface area contributed by atoms with Crippen LogP contribution in [0.3, 0.4) is 0 Å². The smallest absolute Gasteiger partial charge is 0.200 e. The maximum atomic E-state index is 12.4. The molecule has 1 heterocycles. The zero-order valence-corrected chi connectivity index (χ0v) is 15.3. The number of aryl methyl sites for hydroxylation is 1. The molecule has 6 nitrogen and oxygen atoms in total. The second-order valence-electron chi connectivity index (χ2n) is 6.52. The van der Waals surface area contributed by atoms with E-state index < -0.39 is 0 Å². The van der Waals surface area contributed by atoms with E-state index in [1.807, 2.05) is 18.2 Å². The number of hydrogen-bond acceptors (Lipinski definition) is 6. The zero-order chi connectivity index (χ0) is 19.2. The number of carbonyl (C=O) groups excluding carboxylic acids is 1. The molecule has 1 aliphatic rings. The van der Waals surface area contributed by atoms with E-state index in [1.54, 1.807) is 7.11 Å². The first-order valence-electron chi connectivity index (χ1n) is 9.07. The average molecular weight is 372 g/mol. The Kier molecular flexibility index (Phi) is 6.19. The first-order chi connectivity index (χ1) is 13.1. The summed E-state index contributed by atoms with van der Waals surface area (Å²) in [5, 5.41) is 19.2. The van der Waals surface area contributed by atoms with Crippen molar-refractivity contribution in [2.75, 3.05) is 13.7 Å². The van der Waals surface area contributed by atoms with Crippen LogP contribution in [0, 0.1) is 0 Å². The molecule has 0 radical (unpaired) electrons. The maximum Gasteiger partial charge on any atom is 0.200 e. The molecular weight excluding hydrogens is 348 g/mol. The molecule has 3 rings (SSSR count). The van der Waals surface area contributed by atoms with Crippen LogP contribution in [0.4, 0.5) is 0 Å². The number of rotatable bonds is 7. The van der Waals surface area contributed by atoms with Gasteiger partial charge in [-0.05, 0) is 49.1 Å². The van der Waals surface area contributed by atoms with Crippen LogP contribution in [0.15, 0.2) is 36.4 Å². The third-order valence-corrected chi connectivity index (χ3v) is 4.55. The van der Waals surface area contributed by atoms with Gasteiger partial charge in [-0.2, -0.15) is 0 Å². The van der Waals surface area contributed by atoms with Crippen LogP contribution in [0.1, 0.15) is 41.6 Å². The Bertz CT molecular complexity index is 795. The van der Waals surface area contributed by atoms with E-state index in [0.29, 0.717) is 24.5 Å². The van der Waals surface area contributed by atoms with Gasteiger partial charge in [0.25, 0.3) is 0 Å². The van der Waals surface area contributed by atoms with Crippen molar-refractivity contribution in [3.05, 3.63) is 47.5 Å². The molecule has 1 saturated heterocycles. The summed E-state index contributed by atoms with van der Waals surface area (Å²) in [6.45, 7) is 0.692. The first-order valence-corrected chi connectivity index (χ1v) is 9.07. The molecular formula is C21H24O6. The lowest BCUT2D eigenvalue weighted by Gasteiger charge is -2.24. The maximum absolute atomic E-state index is 12.4. The van der Waals surface area contributed by atoms with Gasteiger partial charge in [-0.1, -0.05) is 6.07 Å². The van der Waals surface area contributed by atoms with Gasteiger partial charge in [-0.25, -0.2) is 0 Å². The molecule has 0 aromatic heterocycles. The van der Waals surface area contributed by atoms with Crippen LogP contribution in [0.2, 0.25) is 0 Å². The minimum Gasteiger partial charge on any atom is -0.508 e. The predicted octanol–water partition coefficient (Wildman–Crippen LogP) is 3.83. The fourth-order valence-electron chi connectivity index (χ4n) is 3.06. The van der Waals surface area contributed by atoms with Crippen LogP contribution < -0.4 is 9.47 Å². The lowest BCUT2D eigenvalue weighted by molar-refractivity contribution is -0.106. The van der Waals surface area contributed by atoms with E-state index in [-0.39, 0.29) is 35.6 Å². The van der Waals surface area contributed by atoms with Crippen molar-refractivity contribution < 1.29 is 29.2 Å². The number of phenolic OH excluding ortho intramolecular Hbond substituents is 2. The van der Waals surface area contributed by atoms with Crippen molar-refractivity contribution in [2.45, 2.75) is 38.4 Å². The monoisotopic (exact) mass is 372 g/mol. The molecule has 2 aromatic rings. The number of methoxy groups -OCH3 is 1. The Morgan fingerprint density at radius 2 is 2.00 bits per heavy atom. The summed E-state index contributed by atoms with van der Waals surface area (Å²) < 4.78 is 16.9. The van der Waals surface area contributed by atoms with E-state index in [4.69, 9.17) is 14.2 Å². The van der Waals surface area contributed by atoms with Gasteiger partial charge in [-0.15, -0.1) is 0 Å². The third kappa shape index (κ3) is 4.92. The largest absolute Gasteiger partial charge is 0.508 e. The Hall–Kier alpha value is -2.73. The molecule has 144 valence electrons. The van der Waals surface area contributed by atoms with E-state index in [2.05, 4.69) is 0 Å². The van der Waals surface area contributed by atoms with Gasteiger partial charge in [0.05, 0.1) is 19.3 Å². The van der Waals surface area contributed by atoms with Crippen molar-refractivity contribution >= 4 is 5.78 Å². The van der Waals surface area contributed by atoms with Crippen LogP contribution >= 0.6 is 0 Å². The highest BCUT2D eigenvalue weighted by molar-refractivity contribution is 5.98. The molecule has 2 N–H and O–H groups in total. The molecule has 0 saturated carbocycles. The number of ether oxygens (including phenoxy) is 3. The normalized spacial score (nSPS) is 16.7. The average Bonchev–Trinajstić information content (AvgIpc) is 2.67. The Morgan fingerprint density at radius 3 is 2.70 bits per heavy atom. The summed E-state index contributed by atoms with van der Waals surface area (Å²) in [7, 11) is 1.58. The summed E-state index contributed by atoms with van der Waals surface area (Å²) in [4.78, 5) is 12.4. The van der Waals surface area contributed by atoms with Crippen LogP contribution in [0.5, 0.6) is 23.0 Å². The van der Waals surface area contributed by atoms with Crippen molar-refractivity contribution in [1.82, 2.24) is 0 Å². The number of hydrogen-bond donors (Lipinski definition) is 2. The molecule has 1 aliphatic heterocycles. The van der Waals surface area contributed by atoms with E-state index in [9.17, 15) is 15.0 Å². The van der Waals surface area contributed by atoms with Gasteiger partial charge in [0.2, 0.25) is 0 Å². The molecule has 1 fully saturated rings. The minimum absolute atomic E-state index is 0.0778. The lowest BCUT2D eigenvalue weighted by Crippen LogP contribution is -2.25. The molecule has 1 atom stereocenters. The number of aromatic hydroxyl groups is 2. The van der Waals surface area contributed by atoms with Gasteiger partial charge < -0.3 is 24.4 Å². The third-order valence-electron chi connectivity index (χ3n) is 4.55. The number of carbonyl (C=O) groups is 1. The minimum atomic E-state index is -0.279. The van der Waals surface area contributed by atoms with E-state index >= 15 is 0 Å². The molecule has 0 spiro atoms. The topological polar surface area (TPSA) is 85.2 Å². The zero-order valence-electron chi connectivity index (χ0n) is 15.3. The molecule has 2 aromatic carbocycles. The molecule has 0 aliphatic carbocycles. The Balaban J connectivity index is 1.67. The Morgan fingerprint density at radius 1 is 1.15 bits per heavy atom. The number of ketones is 1. The van der Waals surface area contributed by atoms with Crippen LogP contribution in [-0.2, 0) is 11.2 Å². The molecule has 1 unspecified atom stereocenters. The predicted molar refractivity (Wildman–Crippen MR) is 99.6 cm³/mol. The number of phenols is 2. The van der Waals surface area contributed by atoms with E-state index in [1.165, 1.54) is 12.1 Å². The second kappa shape index (κ2) is 8.77. The fraction of sp³-hybridized carbons (Fsp3) is 0.381. The van der Waals surface area contributed by atoms with Crippen LogP contribution in [0.25, 0.3) is 0 Å². The summed E-state index contributed by atoms with van der Waals surface area (Å²) in [6.07, 6.45) is 3.39. The van der Waals surface area contributed by atoms with Crippen molar-refractivity contribution in [3.8, 4) is 23.0 Å². The summed E-state index contributed by atoms with van der Waals surface area (Å²) in [5.74, 6) is 0.734. The Labute approximate surface area is 158 Å². The van der Waals surface area contributed by atoms with Gasteiger partial charge in [0.15, 0.2) is 23.6 Å². The number of Topliss-reactive ketones (excluding diaryl/α,β-unsaturated/α-hetero) is 1. The first kappa shape index (κ1) is 19.0. The fourth-order valence-corrected chi connectivity index (χ4v) is 3.06. The molecule has 0 bridgehead atoms. The number of benzene rings is 2. The second-order valence-corrected chi connectivity index (χ2v) is 6.52. The van der Waals surface area contributed by atoms with Crippen molar-refractivity contribution in [3.63, 3.8) is 0 Å². The van der Waals surface area contributed by atoms with Crippen molar-refractivity contribution in [2.24, 2.45) is 0 Å². The van der Waals surface area contributed by atoms with Crippen LogP contribution in [-0.4, -0.2) is 36.0 Å². The highest BCUT2D eigenvalue weighted by Crippen LogP contribution is 2.31.